The normalized spacial score (nSPS) is 21.3. The van der Waals surface area contributed by atoms with Crippen molar-refractivity contribution in [2.45, 2.75) is 56.1 Å². The van der Waals surface area contributed by atoms with Crippen molar-refractivity contribution in [2.24, 2.45) is 5.14 Å². The fourth-order valence-electron chi connectivity index (χ4n) is 4.82. The number of carbonyl (C=O) groups is 1. The number of aromatic nitrogens is 2. The Kier molecular flexibility index (Phi) is 4.60. The van der Waals surface area contributed by atoms with Gasteiger partial charge in [-0.1, -0.05) is 6.07 Å². The number of nitrogens with zero attached hydrogens (tertiary/aromatic N) is 2. The third kappa shape index (κ3) is 3.10. The molecule has 0 saturated carbocycles. The SMILES string of the molecule is COC1COc2c(S(=N)(N)=O)c(C(=O)Nc3c4c(cc5c3CCC5)CCC4)nn2C1. The molecule has 0 saturated heterocycles. The van der Waals surface area contributed by atoms with Crippen LogP contribution in [0.15, 0.2) is 11.0 Å². The van der Waals surface area contributed by atoms with Gasteiger partial charge in [-0.05, 0) is 60.8 Å². The first-order chi connectivity index (χ1) is 14.4. The van der Waals surface area contributed by atoms with Crippen molar-refractivity contribution >= 4 is 21.5 Å². The van der Waals surface area contributed by atoms with Gasteiger partial charge in [0.15, 0.2) is 10.6 Å². The van der Waals surface area contributed by atoms with Crippen LogP contribution in [0.1, 0.15) is 45.6 Å². The van der Waals surface area contributed by atoms with Gasteiger partial charge in [0.2, 0.25) is 5.88 Å². The Morgan fingerprint density at radius 3 is 2.57 bits per heavy atom. The minimum absolute atomic E-state index is 0.111. The molecular formula is C20H25N5O4S. The van der Waals surface area contributed by atoms with Crippen LogP contribution in [-0.4, -0.2) is 39.7 Å². The second-order valence-electron chi connectivity index (χ2n) is 8.12. The summed E-state index contributed by atoms with van der Waals surface area (Å²) in [6.07, 6.45) is 5.78. The molecule has 0 radical (unpaired) electrons. The summed E-state index contributed by atoms with van der Waals surface area (Å²) in [4.78, 5) is 13.2. The van der Waals surface area contributed by atoms with E-state index >= 15 is 0 Å². The van der Waals surface area contributed by atoms with Crippen molar-refractivity contribution in [1.82, 2.24) is 9.78 Å². The molecule has 30 heavy (non-hydrogen) atoms. The van der Waals surface area contributed by atoms with Crippen LogP contribution in [0.2, 0.25) is 0 Å². The molecule has 10 heteroatoms. The van der Waals surface area contributed by atoms with Crippen LogP contribution in [0.3, 0.4) is 0 Å². The molecule has 160 valence electrons. The molecule has 0 fully saturated rings. The first-order valence-electron chi connectivity index (χ1n) is 10.2. The number of ether oxygens (including phenoxy) is 2. The first-order valence-corrected chi connectivity index (χ1v) is 11.8. The minimum atomic E-state index is -3.73. The van der Waals surface area contributed by atoms with Gasteiger partial charge < -0.3 is 14.8 Å². The highest BCUT2D eigenvalue weighted by molar-refractivity contribution is 7.90. The topological polar surface area (TPSA) is 132 Å². The Bertz CT molecular complexity index is 1120. The standard InChI is InChI=1S/C20H25N5O4S/c1-28-13-9-25-20(29-10-13)18(30(21,22)27)17(24-25)19(26)23-16-14-6-2-4-11(14)8-12-5-3-7-15(12)16/h8,13H,2-7,9-10H2,1H3,(H,23,26)(H3,21,22,27). The van der Waals surface area contributed by atoms with Gasteiger partial charge >= 0.3 is 0 Å². The predicted molar refractivity (Wildman–Crippen MR) is 110 cm³/mol. The zero-order valence-electron chi connectivity index (χ0n) is 16.8. The van der Waals surface area contributed by atoms with E-state index in [1.165, 1.54) is 26.9 Å². The van der Waals surface area contributed by atoms with Crippen LogP contribution < -0.4 is 15.2 Å². The van der Waals surface area contributed by atoms with Crippen LogP contribution >= 0.6 is 0 Å². The number of carbonyl (C=O) groups excluding carboxylic acids is 1. The highest BCUT2D eigenvalue weighted by Gasteiger charge is 2.34. The Morgan fingerprint density at radius 2 is 1.97 bits per heavy atom. The lowest BCUT2D eigenvalue weighted by molar-refractivity contribution is 0.0165. The third-order valence-electron chi connectivity index (χ3n) is 6.21. The van der Waals surface area contributed by atoms with E-state index in [2.05, 4.69) is 16.5 Å². The van der Waals surface area contributed by atoms with Gasteiger partial charge in [0.25, 0.3) is 5.91 Å². The van der Waals surface area contributed by atoms with Crippen LogP contribution in [0.25, 0.3) is 0 Å². The number of nitrogens with one attached hydrogen (secondary N) is 2. The molecule has 1 aromatic heterocycles. The number of anilines is 1. The summed E-state index contributed by atoms with van der Waals surface area (Å²) < 4.78 is 32.8. The number of fused-ring (bicyclic) bond motifs is 3. The summed E-state index contributed by atoms with van der Waals surface area (Å²) >= 11 is 0. The maximum absolute atomic E-state index is 13.3. The predicted octanol–water partition coefficient (Wildman–Crippen LogP) is 1.80. The summed E-state index contributed by atoms with van der Waals surface area (Å²) in [5.74, 6) is -0.399. The molecule has 9 nitrogen and oxygen atoms in total. The van der Waals surface area contributed by atoms with Crippen LogP contribution in [0.4, 0.5) is 5.69 Å². The van der Waals surface area contributed by atoms with Gasteiger partial charge in [0, 0.05) is 12.8 Å². The third-order valence-corrected chi connectivity index (χ3v) is 7.18. The van der Waals surface area contributed by atoms with Gasteiger partial charge in [0.05, 0.1) is 6.54 Å². The lowest BCUT2D eigenvalue weighted by Crippen LogP contribution is -2.32. The first kappa shape index (κ1) is 19.5. The molecule has 2 heterocycles. The van der Waals surface area contributed by atoms with Crippen molar-refractivity contribution in [3.63, 3.8) is 0 Å². The molecule has 1 aliphatic heterocycles. The van der Waals surface area contributed by atoms with Crippen molar-refractivity contribution in [1.29, 1.82) is 4.78 Å². The lowest BCUT2D eigenvalue weighted by Gasteiger charge is -2.23. The number of hydrogen-bond acceptors (Lipinski definition) is 6. The fraction of sp³-hybridized carbons (Fsp3) is 0.500. The highest BCUT2D eigenvalue weighted by Crippen LogP contribution is 2.39. The molecule has 4 N–H and O–H groups in total. The van der Waals surface area contributed by atoms with E-state index < -0.39 is 15.8 Å². The molecule has 1 aromatic carbocycles. The zero-order chi connectivity index (χ0) is 21.0. The number of nitrogens with two attached hydrogens (primary N) is 1. The summed E-state index contributed by atoms with van der Waals surface area (Å²) in [6.45, 7) is 0.545. The van der Waals surface area contributed by atoms with E-state index in [1.807, 2.05) is 0 Å². The average molecular weight is 432 g/mol. The Hall–Kier alpha value is -2.43. The zero-order valence-corrected chi connectivity index (χ0v) is 17.6. The molecule has 1 amide bonds. The van der Waals surface area contributed by atoms with Gasteiger partial charge in [0.1, 0.15) is 22.6 Å². The highest BCUT2D eigenvalue weighted by atomic mass is 32.2. The summed E-state index contributed by atoms with van der Waals surface area (Å²) in [5.41, 5.74) is 5.71. The van der Waals surface area contributed by atoms with E-state index in [1.54, 1.807) is 7.11 Å². The molecular weight excluding hydrogens is 406 g/mol. The number of benzene rings is 1. The van der Waals surface area contributed by atoms with Crippen molar-refractivity contribution in [3.05, 3.63) is 34.0 Å². The molecule has 2 aromatic rings. The molecule has 0 spiro atoms. The van der Waals surface area contributed by atoms with Crippen molar-refractivity contribution in [3.8, 4) is 5.88 Å². The van der Waals surface area contributed by atoms with Crippen LogP contribution in [-0.2, 0) is 46.9 Å². The maximum atomic E-state index is 13.3. The van der Waals surface area contributed by atoms with E-state index in [9.17, 15) is 9.00 Å². The van der Waals surface area contributed by atoms with Gasteiger partial charge in [-0.15, -0.1) is 0 Å². The number of aryl methyl sites for hydroxylation is 2. The quantitative estimate of drug-likeness (QED) is 0.679. The van der Waals surface area contributed by atoms with Gasteiger partial charge in [-0.2, -0.15) is 5.10 Å². The van der Waals surface area contributed by atoms with E-state index in [-0.39, 0.29) is 29.2 Å². The Labute approximate surface area is 175 Å². The average Bonchev–Trinajstić information content (AvgIpc) is 3.43. The lowest BCUT2D eigenvalue weighted by atomic mass is 9.98. The van der Waals surface area contributed by atoms with Crippen LogP contribution in [0.5, 0.6) is 5.88 Å². The number of rotatable bonds is 4. The molecule has 2 unspecified atom stereocenters. The largest absolute Gasteiger partial charge is 0.474 e. The molecule has 0 bridgehead atoms. The summed E-state index contributed by atoms with van der Waals surface area (Å²) in [6, 6.07) is 2.29. The van der Waals surface area contributed by atoms with Crippen LogP contribution in [0, 0.1) is 4.78 Å². The maximum Gasteiger partial charge on any atom is 0.277 e. The Morgan fingerprint density at radius 1 is 1.30 bits per heavy atom. The van der Waals surface area contributed by atoms with Crippen molar-refractivity contribution < 1.29 is 18.5 Å². The monoisotopic (exact) mass is 431 g/mol. The number of hydrogen-bond donors (Lipinski definition) is 3. The second kappa shape index (κ2) is 7.07. The smallest absolute Gasteiger partial charge is 0.277 e. The van der Waals surface area contributed by atoms with E-state index in [4.69, 9.17) is 19.4 Å². The van der Waals surface area contributed by atoms with Crippen molar-refractivity contribution in [2.75, 3.05) is 19.0 Å². The minimum Gasteiger partial charge on any atom is -0.474 e. The fourth-order valence-corrected chi connectivity index (χ4v) is 5.66. The van der Waals surface area contributed by atoms with Gasteiger partial charge in [-0.25, -0.2) is 18.8 Å². The summed E-state index contributed by atoms with van der Waals surface area (Å²) in [5, 5.41) is 13.0. The molecule has 2 atom stereocenters. The molecule has 5 rings (SSSR count). The Balaban J connectivity index is 1.57. The van der Waals surface area contributed by atoms with E-state index in [0.29, 0.717) is 6.54 Å². The molecule has 3 aliphatic rings. The molecule has 2 aliphatic carbocycles. The van der Waals surface area contributed by atoms with Gasteiger partial charge in [-0.3, -0.25) is 4.79 Å². The number of amides is 1. The van der Waals surface area contributed by atoms with E-state index in [0.717, 1.165) is 44.2 Å². The summed E-state index contributed by atoms with van der Waals surface area (Å²) in [7, 11) is -2.17. The number of methoxy groups -OCH3 is 1. The second-order valence-corrected chi connectivity index (χ2v) is 9.73.